The van der Waals surface area contributed by atoms with E-state index in [0.29, 0.717) is 5.75 Å². The molecule has 1 fully saturated rings. The Morgan fingerprint density at radius 1 is 1.24 bits per heavy atom. The summed E-state index contributed by atoms with van der Waals surface area (Å²) in [5.74, 6) is 0.397. The smallest absolute Gasteiger partial charge is 0.154 e. The molecule has 0 bridgehead atoms. The van der Waals surface area contributed by atoms with Gasteiger partial charge in [0, 0.05) is 6.04 Å². The second-order valence-corrected chi connectivity index (χ2v) is 7.44. The van der Waals surface area contributed by atoms with E-state index in [-0.39, 0.29) is 11.3 Å². The number of nitrogens with one attached hydrogen (secondary N) is 1. The highest BCUT2D eigenvalue weighted by atomic mass is 32.2. The first kappa shape index (κ1) is 15.0. The fourth-order valence-corrected chi connectivity index (χ4v) is 4.77. The molecular formula is C13H27NO2S. The van der Waals surface area contributed by atoms with E-state index in [9.17, 15) is 8.42 Å². The van der Waals surface area contributed by atoms with E-state index in [1.807, 2.05) is 0 Å². The van der Waals surface area contributed by atoms with Crippen LogP contribution in [0.1, 0.15) is 58.8 Å². The lowest BCUT2D eigenvalue weighted by molar-refractivity contribution is 0.408. The van der Waals surface area contributed by atoms with Crippen LogP contribution >= 0.6 is 0 Å². The quantitative estimate of drug-likeness (QED) is 0.766. The standard InChI is InChI=1S/C13H27NO2S/c1-3-5-8-12(14-10-4-2)13-9-6-7-11-17(13,15)16/h12-14H,3-11H2,1-2H3. The van der Waals surface area contributed by atoms with E-state index >= 15 is 0 Å². The zero-order valence-corrected chi connectivity index (χ0v) is 12.1. The lowest BCUT2D eigenvalue weighted by atomic mass is 10.0. The Bertz CT molecular complexity index is 293. The van der Waals surface area contributed by atoms with Gasteiger partial charge in [-0.15, -0.1) is 0 Å². The fraction of sp³-hybridized carbons (Fsp3) is 1.00. The van der Waals surface area contributed by atoms with Crippen molar-refractivity contribution >= 4 is 9.84 Å². The van der Waals surface area contributed by atoms with Crippen LogP contribution in [0.3, 0.4) is 0 Å². The van der Waals surface area contributed by atoms with Crippen LogP contribution in [0.4, 0.5) is 0 Å². The topological polar surface area (TPSA) is 46.2 Å². The monoisotopic (exact) mass is 261 g/mol. The van der Waals surface area contributed by atoms with Crippen molar-refractivity contribution < 1.29 is 8.42 Å². The third kappa shape index (κ3) is 4.59. The Labute approximate surface area is 106 Å². The van der Waals surface area contributed by atoms with E-state index in [1.54, 1.807) is 0 Å². The van der Waals surface area contributed by atoms with Gasteiger partial charge in [-0.25, -0.2) is 8.42 Å². The average Bonchev–Trinajstić information content (AvgIpc) is 2.30. The molecule has 1 aliphatic rings. The van der Waals surface area contributed by atoms with Crippen molar-refractivity contribution in [3.8, 4) is 0 Å². The minimum atomic E-state index is -2.85. The normalized spacial score (nSPS) is 25.6. The lowest BCUT2D eigenvalue weighted by Crippen LogP contribution is -2.46. The first-order chi connectivity index (χ1) is 8.11. The molecule has 0 spiro atoms. The summed E-state index contributed by atoms with van der Waals surface area (Å²) in [6.07, 6.45) is 7.10. The molecule has 0 aromatic rings. The summed E-state index contributed by atoms with van der Waals surface area (Å²) in [7, 11) is -2.85. The average molecular weight is 261 g/mol. The number of sulfone groups is 1. The van der Waals surface area contributed by atoms with Crippen molar-refractivity contribution in [2.45, 2.75) is 70.1 Å². The molecule has 0 aromatic carbocycles. The lowest BCUT2D eigenvalue weighted by Gasteiger charge is -2.31. The summed E-state index contributed by atoms with van der Waals surface area (Å²) in [6, 6.07) is 0.181. The highest BCUT2D eigenvalue weighted by molar-refractivity contribution is 7.92. The molecule has 1 aliphatic heterocycles. The number of rotatable bonds is 7. The summed E-state index contributed by atoms with van der Waals surface area (Å²) >= 11 is 0. The summed E-state index contributed by atoms with van der Waals surface area (Å²) in [6.45, 7) is 5.21. The number of hydrogen-bond acceptors (Lipinski definition) is 3. The summed E-state index contributed by atoms with van der Waals surface area (Å²) in [5, 5.41) is 3.32. The van der Waals surface area contributed by atoms with E-state index in [4.69, 9.17) is 0 Å². The molecule has 102 valence electrons. The van der Waals surface area contributed by atoms with Gasteiger partial charge in [-0.05, 0) is 32.2 Å². The van der Waals surface area contributed by atoms with Crippen molar-refractivity contribution in [1.82, 2.24) is 5.32 Å². The van der Waals surface area contributed by atoms with Crippen molar-refractivity contribution in [2.24, 2.45) is 0 Å². The largest absolute Gasteiger partial charge is 0.313 e. The predicted octanol–water partition coefficient (Wildman–Crippen LogP) is 2.51. The van der Waals surface area contributed by atoms with Gasteiger partial charge in [0.2, 0.25) is 0 Å². The Balaban J connectivity index is 2.65. The molecule has 0 aliphatic carbocycles. The molecule has 1 saturated heterocycles. The minimum absolute atomic E-state index is 0.130. The van der Waals surface area contributed by atoms with Crippen molar-refractivity contribution in [3.05, 3.63) is 0 Å². The molecule has 1 heterocycles. The highest BCUT2D eigenvalue weighted by Crippen LogP contribution is 2.24. The van der Waals surface area contributed by atoms with Gasteiger partial charge in [0.25, 0.3) is 0 Å². The van der Waals surface area contributed by atoms with Crippen LogP contribution < -0.4 is 5.32 Å². The van der Waals surface area contributed by atoms with Crippen molar-refractivity contribution in [2.75, 3.05) is 12.3 Å². The van der Waals surface area contributed by atoms with Gasteiger partial charge in [-0.1, -0.05) is 33.1 Å². The SMILES string of the molecule is CCCCC(NCCC)C1CCCCS1(=O)=O. The molecule has 4 heteroatoms. The van der Waals surface area contributed by atoms with Gasteiger partial charge < -0.3 is 5.32 Å². The second kappa shape index (κ2) is 7.37. The molecule has 1 rings (SSSR count). The zero-order chi connectivity index (χ0) is 12.7. The molecule has 17 heavy (non-hydrogen) atoms. The number of hydrogen-bond donors (Lipinski definition) is 1. The van der Waals surface area contributed by atoms with Gasteiger partial charge in [-0.2, -0.15) is 0 Å². The molecule has 2 unspecified atom stereocenters. The zero-order valence-electron chi connectivity index (χ0n) is 11.2. The van der Waals surface area contributed by atoms with Crippen LogP contribution in [0.25, 0.3) is 0 Å². The summed E-state index contributed by atoms with van der Waals surface area (Å²) in [5.41, 5.74) is 0. The van der Waals surface area contributed by atoms with E-state index in [0.717, 1.165) is 51.5 Å². The van der Waals surface area contributed by atoms with Crippen LogP contribution in [0, 0.1) is 0 Å². The van der Waals surface area contributed by atoms with E-state index in [2.05, 4.69) is 19.2 Å². The van der Waals surface area contributed by atoms with Crippen LogP contribution in [0.15, 0.2) is 0 Å². The minimum Gasteiger partial charge on any atom is -0.313 e. The van der Waals surface area contributed by atoms with Crippen LogP contribution in [0.5, 0.6) is 0 Å². The number of unbranched alkanes of at least 4 members (excludes halogenated alkanes) is 1. The Kier molecular flexibility index (Phi) is 6.49. The Morgan fingerprint density at radius 2 is 2.00 bits per heavy atom. The molecular weight excluding hydrogens is 234 g/mol. The molecule has 0 radical (unpaired) electrons. The maximum atomic E-state index is 12.1. The third-order valence-corrected chi connectivity index (χ3v) is 5.95. The Hall–Kier alpha value is -0.0900. The molecule has 2 atom stereocenters. The molecule has 0 aromatic heterocycles. The van der Waals surface area contributed by atoms with Gasteiger partial charge >= 0.3 is 0 Å². The molecule has 1 N–H and O–H groups in total. The van der Waals surface area contributed by atoms with Crippen LogP contribution in [0.2, 0.25) is 0 Å². The first-order valence-corrected chi connectivity index (χ1v) is 8.78. The van der Waals surface area contributed by atoms with Gasteiger partial charge in [-0.3, -0.25) is 0 Å². The van der Waals surface area contributed by atoms with Crippen LogP contribution in [-0.2, 0) is 9.84 Å². The molecule has 3 nitrogen and oxygen atoms in total. The predicted molar refractivity (Wildman–Crippen MR) is 73.0 cm³/mol. The summed E-state index contributed by atoms with van der Waals surface area (Å²) < 4.78 is 24.2. The van der Waals surface area contributed by atoms with E-state index in [1.165, 1.54) is 0 Å². The van der Waals surface area contributed by atoms with Gasteiger partial charge in [0.1, 0.15) is 0 Å². The van der Waals surface area contributed by atoms with Crippen LogP contribution in [-0.4, -0.2) is 32.0 Å². The van der Waals surface area contributed by atoms with Crippen molar-refractivity contribution in [1.29, 1.82) is 0 Å². The molecule has 0 amide bonds. The summed E-state index contributed by atoms with van der Waals surface area (Å²) in [4.78, 5) is 0. The maximum Gasteiger partial charge on any atom is 0.154 e. The highest BCUT2D eigenvalue weighted by Gasteiger charge is 2.34. The second-order valence-electron chi connectivity index (χ2n) is 5.10. The third-order valence-electron chi connectivity index (χ3n) is 3.60. The van der Waals surface area contributed by atoms with Gasteiger partial charge in [0.15, 0.2) is 9.84 Å². The van der Waals surface area contributed by atoms with Gasteiger partial charge in [0.05, 0.1) is 11.0 Å². The fourth-order valence-electron chi connectivity index (χ4n) is 2.60. The molecule has 0 saturated carbocycles. The van der Waals surface area contributed by atoms with E-state index < -0.39 is 9.84 Å². The van der Waals surface area contributed by atoms with Crippen molar-refractivity contribution in [3.63, 3.8) is 0 Å². The maximum absolute atomic E-state index is 12.1. The first-order valence-electron chi connectivity index (χ1n) is 7.06. The Morgan fingerprint density at radius 3 is 2.59 bits per heavy atom.